The number of amides is 2. The number of rotatable bonds is 2. The first-order valence-corrected chi connectivity index (χ1v) is 8.83. The van der Waals surface area contributed by atoms with Gasteiger partial charge in [-0.2, -0.15) is 0 Å². The highest BCUT2D eigenvalue weighted by atomic mass is 19.1. The van der Waals surface area contributed by atoms with Crippen molar-refractivity contribution in [3.05, 3.63) is 24.2 Å². The Balaban J connectivity index is 1.44. The Labute approximate surface area is 140 Å². The summed E-state index contributed by atoms with van der Waals surface area (Å²) in [6.45, 7) is 2.50. The monoisotopic (exact) mass is 334 g/mol. The Morgan fingerprint density at radius 1 is 1.04 bits per heavy atom. The lowest BCUT2D eigenvalue weighted by Crippen LogP contribution is -2.52. The average Bonchev–Trinajstić information content (AvgIpc) is 3.22. The molecule has 1 aromatic heterocycles. The van der Waals surface area contributed by atoms with Crippen LogP contribution in [-0.4, -0.2) is 53.5 Å². The molecule has 0 unspecified atom stereocenters. The van der Waals surface area contributed by atoms with Crippen molar-refractivity contribution in [2.24, 2.45) is 5.41 Å². The summed E-state index contributed by atoms with van der Waals surface area (Å²) >= 11 is 0. The Morgan fingerprint density at radius 2 is 1.83 bits per heavy atom. The van der Waals surface area contributed by atoms with Crippen LogP contribution in [0.4, 0.5) is 4.39 Å². The SMILES string of the molecule is O=C(c1ccco1)N1CCC[C@]2(CCN(C(=O)C3(F)CCC3)C2)C1. The Hall–Kier alpha value is -1.85. The van der Waals surface area contributed by atoms with E-state index in [1.54, 1.807) is 17.0 Å². The van der Waals surface area contributed by atoms with Gasteiger partial charge in [-0.3, -0.25) is 9.59 Å². The minimum absolute atomic E-state index is 0.0870. The van der Waals surface area contributed by atoms with Gasteiger partial charge in [0, 0.05) is 31.6 Å². The van der Waals surface area contributed by atoms with Crippen molar-refractivity contribution in [1.29, 1.82) is 0 Å². The fraction of sp³-hybridized carbons (Fsp3) is 0.667. The number of hydrogen-bond donors (Lipinski definition) is 0. The molecule has 6 heteroatoms. The van der Waals surface area contributed by atoms with Gasteiger partial charge in [0.2, 0.25) is 0 Å². The molecule has 5 nitrogen and oxygen atoms in total. The van der Waals surface area contributed by atoms with E-state index >= 15 is 0 Å². The smallest absolute Gasteiger partial charge is 0.289 e. The van der Waals surface area contributed by atoms with Gasteiger partial charge in [0.05, 0.1) is 6.26 Å². The molecule has 0 N–H and O–H groups in total. The number of hydrogen-bond acceptors (Lipinski definition) is 3. The minimum Gasteiger partial charge on any atom is -0.459 e. The molecule has 2 amide bonds. The van der Waals surface area contributed by atoms with Crippen molar-refractivity contribution in [3.8, 4) is 0 Å². The third-order valence-corrected chi connectivity index (χ3v) is 5.94. The zero-order valence-corrected chi connectivity index (χ0v) is 13.8. The van der Waals surface area contributed by atoms with Gasteiger partial charge in [0.1, 0.15) is 0 Å². The topological polar surface area (TPSA) is 53.8 Å². The summed E-state index contributed by atoms with van der Waals surface area (Å²) in [5.74, 6) is -0.0694. The number of alkyl halides is 1. The predicted octanol–water partition coefficient (Wildman–Crippen LogP) is 2.63. The summed E-state index contributed by atoms with van der Waals surface area (Å²) in [7, 11) is 0. The molecule has 3 fully saturated rings. The second kappa shape index (κ2) is 5.60. The van der Waals surface area contributed by atoms with Gasteiger partial charge in [0.25, 0.3) is 11.8 Å². The van der Waals surface area contributed by atoms with Gasteiger partial charge in [0.15, 0.2) is 11.4 Å². The quantitative estimate of drug-likeness (QED) is 0.835. The molecule has 0 bridgehead atoms. The number of halogens is 1. The molecule has 24 heavy (non-hydrogen) atoms. The standard InChI is InChI=1S/C18H23FN2O3/c19-18(6-2-7-18)16(23)21-10-8-17(13-21)5-3-9-20(12-17)15(22)14-4-1-11-24-14/h1,4,11H,2-3,5-10,12-13H2/t17-/m0/s1. The molecule has 1 spiro atoms. The summed E-state index contributed by atoms with van der Waals surface area (Å²) in [6.07, 6.45) is 5.76. The molecule has 1 atom stereocenters. The molecule has 4 rings (SSSR count). The van der Waals surface area contributed by atoms with Crippen molar-refractivity contribution in [2.75, 3.05) is 26.2 Å². The third-order valence-electron chi connectivity index (χ3n) is 5.94. The third kappa shape index (κ3) is 2.52. The first-order valence-electron chi connectivity index (χ1n) is 8.83. The van der Waals surface area contributed by atoms with Gasteiger partial charge < -0.3 is 14.2 Å². The van der Waals surface area contributed by atoms with E-state index < -0.39 is 5.67 Å². The highest BCUT2D eigenvalue weighted by Gasteiger charge is 2.51. The molecule has 0 aromatic carbocycles. The van der Waals surface area contributed by atoms with Crippen LogP contribution in [0.2, 0.25) is 0 Å². The Morgan fingerprint density at radius 3 is 2.50 bits per heavy atom. The summed E-state index contributed by atoms with van der Waals surface area (Å²) in [4.78, 5) is 28.5. The maximum atomic E-state index is 14.4. The largest absolute Gasteiger partial charge is 0.459 e. The normalized spacial score (nSPS) is 28.9. The van der Waals surface area contributed by atoms with E-state index in [1.807, 2.05) is 4.90 Å². The van der Waals surface area contributed by atoms with Crippen LogP contribution in [0.3, 0.4) is 0 Å². The summed E-state index contributed by atoms with van der Waals surface area (Å²) in [5.41, 5.74) is -1.71. The summed E-state index contributed by atoms with van der Waals surface area (Å²) in [5, 5.41) is 0. The van der Waals surface area contributed by atoms with Crippen LogP contribution in [0.1, 0.15) is 49.1 Å². The summed E-state index contributed by atoms with van der Waals surface area (Å²) in [6, 6.07) is 3.39. The number of carbonyl (C=O) groups is 2. The minimum atomic E-state index is -1.62. The van der Waals surface area contributed by atoms with Crippen LogP contribution >= 0.6 is 0 Å². The first-order chi connectivity index (χ1) is 11.5. The molecular weight excluding hydrogens is 311 g/mol. The molecule has 3 heterocycles. The van der Waals surface area contributed by atoms with Crippen molar-refractivity contribution in [2.45, 2.75) is 44.2 Å². The molecule has 0 radical (unpaired) electrons. The zero-order valence-electron chi connectivity index (χ0n) is 13.8. The van der Waals surface area contributed by atoms with Crippen LogP contribution in [0.25, 0.3) is 0 Å². The van der Waals surface area contributed by atoms with Gasteiger partial charge in [-0.15, -0.1) is 0 Å². The van der Waals surface area contributed by atoms with Crippen molar-refractivity contribution < 1.29 is 18.4 Å². The molecule has 130 valence electrons. The van der Waals surface area contributed by atoms with Crippen molar-refractivity contribution in [3.63, 3.8) is 0 Å². The molecule has 1 aliphatic carbocycles. The fourth-order valence-corrected chi connectivity index (χ4v) is 4.36. The van der Waals surface area contributed by atoms with Crippen molar-refractivity contribution >= 4 is 11.8 Å². The van der Waals surface area contributed by atoms with Gasteiger partial charge in [-0.05, 0) is 50.7 Å². The number of carbonyl (C=O) groups excluding carboxylic acids is 2. The lowest BCUT2D eigenvalue weighted by atomic mass is 9.78. The molecule has 1 saturated carbocycles. The van der Waals surface area contributed by atoms with Gasteiger partial charge >= 0.3 is 0 Å². The second-order valence-corrected chi connectivity index (χ2v) is 7.60. The first kappa shape index (κ1) is 15.7. The maximum Gasteiger partial charge on any atom is 0.289 e. The molecular formula is C18H23FN2O3. The van der Waals surface area contributed by atoms with Crippen LogP contribution in [0.15, 0.2) is 22.8 Å². The Kier molecular flexibility index (Phi) is 3.66. The second-order valence-electron chi connectivity index (χ2n) is 7.60. The maximum absolute atomic E-state index is 14.4. The van der Waals surface area contributed by atoms with Crippen molar-refractivity contribution in [1.82, 2.24) is 9.80 Å². The van der Waals surface area contributed by atoms with E-state index in [1.165, 1.54) is 6.26 Å². The molecule has 2 saturated heterocycles. The lowest BCUT2D eigenvalue weighted by Gasteiger charge is -2.41. The van der Waals surface area contributed by atoms with E-state index in [9.17, 15) is 14.0 Å². The molecule has 3 aliphatic rings. The van der Waals surface area contributed by atoms with Gasteiger partial charge in [-0.1, -0.05) is 0 Å². The number of likely N-dealkylation sites (tertiary alicyclic amines) is 2. The number of furan rings is 1. The van der Waals surface area contributed by atoms with E-state index in [0.717, 1.165) is 25.7 Å². The number of piperidine rings is 1. The van der Waals surface area contributed by atoms with Crippen LogP contribution in [-0.2, 0) is 4.79 Å². The Bertz CT molecular complexity index is 641. The van der Waals surface area contributed by atoms with Gasteiger partial charge in [-0.25, -0.2) is 4.39 Å². The molecule has 1 aromatic rings. The average molecular weight is 334 g/mol. The summed E-state index contributed by atoms with van der Waals surface area (Å²) < 4.78 is 19.7. The lowest BCUT2D eigenvalue weighted by molar-refractivity contribution is -0.149. The molecule has 2 aliphatic heterocycles. The number of nitrogens with zero attached hydrogens (tertiary/aromatic N) is 2. The van der Waals surface area contributed by atoms with Crippen LogP contribution in [0, 0.1) is 5.41 Å². The predicted molar refractivity (Wildman–Crippen MR) is 85.2 cm³/mol. The zero-order chi connectivity index (χ0) is 16.8. The highest BCUT2D eigenvalue weighted by molar-refractivity contribution is 5.91. The fourth-order valence-electron chi connectivity index (χ4n) is 4.36. The highest BCUT2D eigenvalue weighted by Crippen LogP contribution is 2.43. The van der Waals surface area contributed by atoms with E-state index in [4.69, 9.17) is 4.42 Å². The van der Waals surface area contributed by atoms with Crippen LogP contribution < -0.4 is 0 Å². The van der Waals surface area contributed by atoms with E-state index in [0.29, 0.717) is 44.8 Å². The van der Waals surface area contributed by atoms with Crippen LogP contribution in [0.5, 0.6) is 0 Å². The van der Waals surface area contributed by atoms with E-state index in [2.05, 4.69) is 0 Å². The van der Waals surface area contributed by atoms with E-state index in [-0.39, 0.29) is 17.2 Å².